The van der Waals surface area contributed by atoms with Gasteiger partial charge < -0.3 is 4.55 Å². The van der Waals surface area contributed by atoms with Gasteiger partial charge >= 0.3 is 0 Å². The lowest BCUT2D eigenvalue weighted by Gasteiger charge is -2.46. The zero-order valence-electron chi connectivity index (χ0n) is 11.6. The third-order valence-electron chi connectivity index (χ3n) is 4.66. The van der Waals surface area contributed by atoms with Crippen LogP contribution in [0.3, 0.4) is 0 Å². The molecule has 102 valence electrons. The normalized spacial score (nSPS) is 29.9. The molecule has 1 heterocycles. The molecular formula is C13H26NO2S-. The lowest BCUT2D eigenvalue weighted by atomic mass is 9.72. The highest BCUT2D eigenvalue weighted by molar-refractivity contribution is 7.76. The molecule has 0 aromatic carbocycles. The summed E-state index contributed by atoms with van der Waals surface area (Å²) in [5.74, 6) is 0.459. The van der Waals surface area contributed by atoms with Gasteiger partial charge in [-0.25, -0.2) is 4.31 Å². The largest absolute Gasteiger partial charge is 0.760 e. The van der Waals surface area contributed by atoms with E-state index in [0.717, 1.165) is 32.1 Å². The molecule has 0 aliphatic carbocycles. The summed E-state index contributed by atoms with van der Waals surface area (Å²) in [5, 5.41) is 0. The molecule has 1 fully saturated rings. The summed E-state index contributed by atoms with van der Waals surface area (Å²) in [6.07, 6.45) is 5.36. The van der Waals surface area contributed by atoms with E-state index in [1.54, 1.807) is 4.31 Å². The second-order valence-corrected chi connectivity index (χ2v) is 6.54. The van der Waals surface area contributed by atoms with Gasteiger partial charge in [0.25, 0.3) is 0 Å². The van der Waals surface area contributed by atoms with Crippen molar-refractivity contribution in [2.45, 2.75) is 65.8 Å². The summed E-state index contributed by atoms with van der Waals surface area (Å²) in [4.78, 5) is 0. The standard InChI is InChI=1S/C13H27NO2S/c1-5-13(4,6-2)12-11(3)9-7-8-10-14(12)17(15)16/h11-12H,5-10H2,1-4H3,(H,15,16)/p-1. The maximum Gasteiger partial charge on any atom is 0.0294 e. The Morgan fingerprint density at radius 3 is 2.41 bits per heavy atom. The molecule has 0 aromatic rings. The van der Waals surface area contributed by atoms with Gasteiger partial charge in [0, 0.05) is 23.9 Å². The highest BCUT2D eigenvalue weighted by Gasteiger charge is 2.40. The van der Waals surface area contributed by atoms with Crippen LogP contribution in [0.2, 0.25) is 0 Å². The Labute approximate surface area is 108 Å². The molecule has 0 radical (unpaired) electrons. The fourth-order valence-corrected chi connectivity index (χ4v) is 4.11. The van der Waals surface area contributed by atoms with Gasteiger partial charge in [-0.1, -0.05) is 34.1 Å². The number of rotatable bonds is 4. The van der Waals surface area contributed by atoms with Gasteiger partial charge in [0.2, 0.25) is 0 Å². The minimum Gasteiger partial charge on any atom is -0.760 e. The molecule has 0 amide bonds. The molecule has 0 bridgehead atoms. The van der Waals surface area contributed by atoms with Crippen molar-refractivity contribution in [1.82, 2.24) is 4.31 Å². The molecular weight excluding hydrogens is 234 g/mol. The van der Waals surface area contributed by atoms with Crippen LogP contribution in [0.5, 0.6) is 0 Å². The van der Waals surface area contributed by atoms with E-state index < -0.39 is 11.3 Å². The van der Waals surface area contributed by atoms with Gasteiger partial charge in [0.15, 0.2) is 0 Å². The summed E-state index contributed by atoms with van der Waals surface area (Å²) < 4.78 is 24.6. The Morgan fingerprint density at radius 1 is 1.35 bits per heavy atom. The maximum absolute atomic E-state index is 11.5. The SMILES string of the molecule is CCC(C)(CC)C1C(C)CCCCN1S(=O)[O-]. The second-order valence-electron chi connectivity index (χ2n) is 5.64. The highest BCUT2D eigenvalue weighted by Crippen LogP contribution is 2.40. The average molecular weight is 260 g/mol. The van der Waals surface area contributed by atoms with Crippen LogP contribution in [0, 0.1) is 11.3 Å². The lowest BCUT2D eigenvalue weighted by molar-refractivity contribution is 0.0896. The first-order valence-electron chi connectivity index (χ1n) is 6.82. The molecule has 3 atom stereocenters. The molecule has 0 saturated carbocycles. The zero-order valence-corrected chi connectivity index (χ0v) is 12.4. The molecule has 1 aliphatic rings. The van der Waals surface area contributed by atoms with Crippen molar-refractivity contribution in [3.05, 3.63) is 0 Å². The summed E-state index contributed by atoms with van der Waals surface area (Å²) in [6, 6.07) is 0.165. The van der Waals surface area contributed by atoms with Crippen LogP contribution in [0.25, 0.3) is 0 Å². The van der Waals surface area contributed by atoms with Crippen LogP contribution >= 0.6 is 0 Å². The van der Waals surface area contributed by atoms with Crippen molar-refractivity contribution < 1.29 is 8.76 Å². The van der Waals surface area contributed by atoms with Gasteiger partial charge in [0.05, 0.1) is 0 Å². The second kappa shape index (κ2) is 6.30. The molecule has 1 saturated heterocycles. The van der Waals surface area contributed by atoms with Crippen LogP contribution in [-0.4, -0.2) is 25.7 Å². The van der Waals surface area contributed by atoms with E-state index in [9.17, 15) is 8.76 Å². The van der Waals surface area contributed by atoms with E-state index >= 15 is 0 Å². The summed E-state index contributed by atoms with van der Waals surface area (Å²) >= 11 is -2.08. The van der Waals surface area contributed by atoms with Crippen molar-refractivity contribution in [3.63, 3.8) is 0 Å². The van der Waals surface area contributed by atoms with Crippen molar-refractivity contribution in [2.24, 2.45) is 11.3 Å². The van der Waals surface area contributed by atoms with Gasteiger partial charge in [-0.3, -0.25) is 4.21 Å². The van der Waals surface area contributed by atoms with E-state index in [4.69, 9.17) is 0 Å². The smallest absolute Gasteiger partial charge is 0.0294 e. The predicted octanol–water partition coefficient (Wildman–Crippen LogP) is 3.10. The minimum absolute atomic E-state index is 0.101. The monoisotopic (exact) mass is 260 g/mol. The van der Waals surface area contributed by atoms with E-state index in [1.807, 2.05) is 0 Å². The van der Waals surface area contributed by atoms with Crippen LogP contribution in [-0.2, 0) is 11.3 Å². The summed E-state index contributed by atoms with van der Waals surface area (Å²) in [7, 11) is 0. The molecule has 4 heteroatoms. The molecule has 1 aliphatic heterocycles. The topological polar surface area (TPSA) is 43.4 Å². The highest BCUT2D eigenvalue weighted by atomic mass is 32.2. The van der Waals surface area contributed by atoms with Crippen LogP contribution in [0.4, 0.5) is 0 Å². The van der Waals surface area contributed by atoms with E-state index in [2.05, 4.69) is 27.7 Å². The van der Waals surface area contributed by atoms with Gasteiger partial charge in [-0.2, -0.15) is 0 Å². The van der Waals surface area contributed by atoms with Crippen molar-refractivity contribution >= 4 is 11.3 Å². The third-order valence-corrected chi connectivity index (χ3v) is 5.45. The van der Waals surface area contributed by atoms with Crippen LogP contribution < -0.4 is 0 Å². The molecule has 0 spiro atoms. The zero-order chi connectivity index (χ0) is 13.1. The Morgan fingerprint density at radius 2 is 1.94 bits per heavy atom. The van der Waals surface area contributed by atoms with Gasteiger partial charge in [0.1, 0.15) is 0 Å². The summed E-state index contributed by atoms with van der Waals surface area (Å²) in [6.45, 7) is 9.49. The molecule has 3 nitrogen and oxygen atoms in total. The van der Waals surface area contributed by atoms with Crippen molar-refractivity contribution in [2.75, 3.05) is 6.54 Å². The van der Waals surface area contributed by atoms with Crippen molar-refractivity contribution in [3.8, 4) is 0 Å². The Hall–Kier alpha value is 0.0700. The van der Waals surface area contributed by atoms with E-state index in [0.29, 0.717) is 12.5 Å². The number of hydrogen-bond donors (Lipinski definition) is 0. The molecule has 0 aromatic heterocycles. The molecule has 3 unspecified atom stereocenters. The van der Waals surface area contributed by atoms with Gasteiger partial charge in [-0.15, -0.1) is 0 Å². The Bertz CT molecular complexity index is 266. The Kier molecular flexibility index (Phi) is 5.61. The number of nitrogens with zero attached hydrogens (tertiary/aromatic N) is 1. The third kappa shape index (κ3) is 3.30. The molecule has 0 N–H and O–H groups in total. The van der Waals surface area contributed by atoms with Crippen LogP contribution in [0.1, 0.15) is 59.8 Å². The molecule has 17 heavy (non-hydrogen) atoms. The number of hydrogen-bond acceptors (Lipinski definition) is 2. The fraction of sp³-hybridized carbons (Fsp3) is 1.00. The fourth-order valence-electron chi connectivity index (χ4n) is 3.18. The van der Waals surface area contributed by atoms with Gasteiger partial charge in [-0.05, 0) is 37.0 Å². The maximum atomic E-state index is 11.5. The quantitative estimate of drug-likeness (QED) is 0.729. The molecule has 1 rings (SSSR count). The Balaban J connectivity index is 3.04. The first kappa shape index (κ1) is 15.1. The first-order valence-corrected chi connectivity index (χ1v) is 7.85. The lowest BCUT2D eigenvalue weighted by Crippen LogP contribution is -2.50. The first-order chi connectivity index (χ1) is 7.96. The van der Waals surface area contributed by atoms with E-state index in [1.165, 1.54) is 0 Å². The predicted molar refractivity (Wildman–Crippen MR) is 71.1 cm³/mol. The van der Waals surface area contributed by atoms with Crippen molar-refractivity contribution in [1.29, 1.82) is 0 Å². The van der Waals surface area contributed by atoms with Crippen LogP contribution in [0.15, 0.2) is 0 Å². The average Bonchev–Trinajstić information content (AvgIpc) is 2.50. The minimum atomic E-state index is -2.08. The van der Waals surface area contributed by atoms with E-state index in [-0.39, 0.29) is 11.5 Å². The summed E-state index contributed by atoms with van der Waals surface area (Å²) in [5.41, 5.74) is 0.101.